The van der Waals surface area contributed by atoms with Gasteiger partial charge in [0.2, 0.25) is 0 Å². The maximum Gasteiger partial charge on any atom is 0.573 e. The lowest BCUT2D eigenvalue weighted by Crippen LogP contribution is -2.58. The van der Waals surface area contributed by atoms with Crippen molar-refractivity contribution in [2.75, 3.05) is 13.7 Å². The number of rotatable bonds is 5. The van der Waals surface area contributed by atoms with Gasteiger partial charge in [-0.05, 0) is 41.0 Å². The summed E-state index contributed by atoms with van der Waals surface area (Å²) < 4.78 is 52.5. The fourth-order valence-corrected chi connectivity index (χ4v) is 5.76. The molecule has 1 spiro atoms. The van der Waals surface area contributed by atoms with Crippen LogP contribution in [-0.4, -0.2) is 64.1 Å². The summed E-state index contributed by atoms with van der Waals surface area (Å²) in [5.41, 5.74) is 2.67. The van der Waals surface area contributed by atoms with Crippen molar-refractivity contribution < 1.29 is 47.8 Å². The molecule has 0 aliphatic carbocycles. The molecule has 2 aromatic rings. The highest BCUT2D eigenvalue weighted by Gasteiger charge is 2.57. The summed E-state index contributed by atoms with van der Waals surface area (Å²) in [7, 11) is 1.49. The first kappa shape index (κ1) is 24.1. The molecule has 2 heterocycles. The monoisotopic (exact) mass is 488 g/mol. The van der Waals surface area contributed by atoms with Crippen LogP contribution in [0.15, 0.2) is 36.4 Å². The van der Waals surface area contributed by atoms with Crippen molar-refractivity contribution in [2.45, 2.75) is 47.9 Å². The Morgan fingerprint density at radius 1 is 1.12 bits per heavy atom. The van der Waals surface area contributed by atoms with Crippen LogP contribution in [0.4, 0.5) is 13.2 Å². The molecular weight excluding hydrogens is 465 g/mol. The summed E-state index contributed by atoms with van der Waals surface area (Å²) in [5.74, 6) is 0.198. The third-order valence-corrected chi connectivity index (χ3v) is 7.49. The molecule has 33 heavy (non-hydrogen) atoms. The molecule has 5 atom stereocenters. The fraction of sp³-hybridized carbons (Fsp3) is 0.455. The standard InChI is InChI=1S/C22H23F3O7S/c1-30-16-8-13-10-31-21(20(29)19(28)18(27)17(9-26)33-21)15(13)7-12(16)6-11-2-4-14(5-3-11)32-22(23,24)25/h2-5,7-8,17-20,26-29H,6,9-10H2,1H3/t17-,18-,19+,20-,21+/m1/s1. The van der Waals surface area contributed by atoms with Crippen molar-refractivity contribution in [1.29, 1.82) is 0 Å². The van der Waals surface area contributed by atoms with Crippen molar-refractivity contribution in [3.05, 3.63) is 58.7 Å². The second-order valence-corrected chi connectivity index (χ2v) is 9.36. The van der Waals surface area contributed by atoms with Crippen LogP contribution in [0.2, 0.25) is 0 Å². The maximum atomic E-state index is 12.4. The van der Waals surface area contributed by atoms with E-state index in [1.54, 1.807) is 12.1 Å². The van der Waals surface area contributed by atoms with Crippen LogP contribution in [0.25, 0.3) is 0 Å². The van der Waals surface area contributed by atoms with Crippen molar-refractivity contribution in [3.8, 4) is 11.5 Å². The quantitative estimate of drug-likeness (QED) is 0.507. The molecule has 0 saturated carbocycles. The number of alkyl halides is 3. The summed E-state index contributed by atoms with van der Waals surface area (Å²) in [6.07, 6.45) is -8.79. The maximum absolute atomic E-state index is 12.4. The minimum atomic E-state index is -4.78. The van der Waals surface area contributed by atoms with Crippen LogP contribution in [0.5, 0.6) is 11.5 Å². The number of ether oxygens (including phenoxy) is 3. The number of methoxy groups -OCH3 is 1. The Morgan fingerprint density at radius 2 is 1.82 bits per heavy atom. The molecule has 4 N–H and O–H groups in total. The zero-order valence-corrected chi connectivity index (χ0v) is 18.3. The minimum Gasteiger partial charge on any atom is -0.496 e. The highest BCUT2D eigenvalue weighted by molar-refractivity contribution is 8.00. The van der Waals surface area contributed by atoms with Gasteiger partial charge in [-0.1, -0.05) is 12.1 Å². The van der Waals surface area contributed by atoms with E-state index in [-0.39, 0.29) is 12.4 Å². The topological polar surface area (TPSA) is 109 Å². The van der Waals surface area contributed by atoms with Crippen LogP contribution in [0.1, 0.15) is 22.3 Å². The summed E-state index contributed by atoms with van der Waals surface area (Å²) in [6, 6.07) is 8.96. The van der Waals surface area contributed by atoms with E-state index >= 15 is 0 Å². The molecule has 1 saturated heterocycles. The van der Waals surface area contributed by atoms with Crippen molar-refractivity contribution in [3.63, 3.8) is 0 Å². The lowest BCUT2D eigenvalue weighted by molar-refractivity contribution is -0.274. The predicted octanol–water partition coefficient (Wildman–Crippen LogP) is 2.06. The van der Waals surface area contributed by atoms with E-state index in [4.69, 9.17) is 9.47 Å². The molecule has 180 valence electrons. The van der Waals surface area contributed by atoms with Gasteiger partial charge in [0.1, 0.15) is 23.7 Å². The van der Waals surface area contributed by atoms with E-state index < -0.39 is 41.5 Å². The summed E-state index contributed by atoms with van der Waals surface area (Å²) in [5, 5.41) is 40.3. The third kappa shape index (κ3) is 4.53. The number of fused-ring (bicyclic) bond motifs is 2. The highest BCUT2D eigenvalue weighted by atomic mass is 32.2. The predicted molar refractivity (Wildman–Crippen MR) is 112 cm³/mol. The number of hydrogen-bond donors (Lipinski definition) is 4. The molecule has 2 aliphatic rings. The highest BCUT2D eigenvalue weighted by Crippen LogP contribution is 2.55. The minimum absolute atomic E-state index is 0.125. The Kier molecular flexibility index (Phi) is 6.56. The number of halogens is 3. The van der Waals surface area contributed by atoms with Crippen LogP contribution >= 0.6 is 11.8 Å². The molecule has 0 aromatic heterocycles. The molecule has 4 rings (SSSR count). The smallest absolute Gasteiger partial charge is 0.496 e. The first-order valence-electron chi connectivity index (χ1n) is 10.1. The van der Waals surface area contributed by atoms with Gasteiger partial charge in [0, 0.05) is 12.0 Å². The Balaban J connectivity index is 1.67. The van der Waals surface area contributed by atoms with Gasteiger partial charge in [-0.15, -0.1) is 24.9 Å². The van der Waals surface area contributed by atoms with E-state index in [1.807, 2.05) is 0 Å². The second kappa shape index (κ2) is 8.97. The van der Waals surface area contributed by atoms with Crippen LogP contribution in [0.3, 0.4) is 0 Å². The van der Waals surface area contributed by atoms with E-state index in [1.165, 1.54) is 31.4 Å². The fourth-order valence-electron chi connectivity index (χ4n) is 4.21. The van der Waals surface area contributed by atoms with Crippen molar-refractivity contribution in [1.82, 2.24) is 0 Å². The molecule has 1 fully saturated rings. The summed E-state index contributed by atoms with van der Waals surface area (Å²) >= 11 is 1.04. The largest absolute Gasteiger partial charge is 0.573 e. The number of thioether (sulfide) groups is 1. The van der Waals surface area contributed by atoms with Crippen molar-refractivity contribution >= 4 is 11.8 Å². The first-order chi connectivity index (χ1) is 15.6. The first-order valence-corrected chi connectivity index (χ1v) is 11.0. The van der Waals surface area contributed by atoms with Gasteiger partial charge in [0.05, 0.1) is 31.7 Å². The Hall–Kier alpha value is -2.02. The van der Waals surface area contributed by atoms with Gasteiger partial charge in [0.25, 0.3) is 0 Å². The zero-order chi connectivity index (χ0) is 24.0. The molecule has 2 aliphatic heterocycles. The Labute approximate surface area is 191 Å². The van der Waals surface area contributed by atoms with E-state index in [9.17, 15) is 33.6 Å². The van der Waals surface area contributed by atoms with Gasteiger partial charge in [0.15, 0.2) is 4.93 Å². The van der Waals surface area contributed by atoms with Gasteiger partial charge in [-0.2, -0.15) is 0 Å². The van der Waals surface area contributed by atoms with Gasteiger partial charge in [-0.25, -0.2) is 0 Å². The van der Waals surface area contributed by atoms with Gasteiger partial charge in [-0.3, -0.25) is 0 Å². The third-order valence-electron chi connectivity index (χ3n) is 5.83. The number of aliphatic hydroxyl groups excluding tert-OH is 4. The summed E-state index contributed by atoms with van der Waals surface area (Å²) in [4.78, 5) is -1.40. The number of hydrogen-bond acceptors (Lipinski definition) is 8. The van der Waals surface area contributed by atoms with Crippen LogP contribution in [-0.2, 0) is 22.7 Å². The molecule has 0 unspecified atom stereocenters. The van der Waals surface area contributed by atoms with E-state index in [0.717, 1.165) is 17.3 Å². The molecule has 0 amide bonds. The van der Waals surface area contributed by atoms with E-state index in [2.05, 4.69) is 4.74 Å². The summed E-state index contributed by atoms with van der Waals surface area (Å²) in [6.45, 7) is -0.300. The molecule has 2 aromatic carbocycles. The van der Waals surface area contributed by atoms with Gasteiger partial charge < -0.3 is 34.6 Å². The number of benzene rings is 2. The van der Waals surface area contributed by atoms with E-state index in [0.29, 0.717) is 28.9 Å². The number of aliphatic hydroxyl groups is 4. The van der Waals surface area contributed by atoms with Crippen molar-refractivity contribution in [2.24, 2.45) is 0 Å². The van der Waals surface area contributed by atoms with Crippen LogP contribution < -0.4 is 9.47 Å². The molecule has 0 bridgehead atoms. The lowest BCUT2D eigenvalue weighted by atomic mass is 9.90. The normalized spacial score (nSPS) is 29.2. The zero-order valence-electron chi connectivity index (χ0n) is 17.5. The molecule has 11 heteroatoms. The SMILES string of the molecule is COc1cc2c(cc1Cc1ccc(OC(F)(F)F)cc1)[C@]1(OC2)S[C@H](CO)[C@@H](O)[C@H](O)[C@H]1O. The lowest BCUT2D eigenvalue weighted by Gasteiger charge is -2.45. The Morgan fingerprint density at radius 3 is 2.42 bits per heavy atom. The average Bonchev–Trinajstić information content (AvgIpc) is 3.12. The van der Waals surface area contributed by atoms with Crippen LogP contribution in [0, 0.1) is 0 Å². The second-order valence-electron chi connectivity index (χ2n) is 7.91. The van der Waals surface area contributed by atoms with Gasteiger partial charge >= 0.3 is 6.36 Å². The average molecular weight is 488 g/mol. The molecular formula is C22H23F3O7S. The molecule has 0 radical (unpaired) electrons. The molecule has 7 nitrogen and oxygen atoms in total. The Bertz CT molecular complexity index is 999.